The Morgan fingerprint density at radius 2 is 1.94 bits per heavy atom. The summed E-state index contributed by atoms with van der Waals surface area (Å²) in [7, 11) is 0. The number of rotatable bonds is 4. The molecule has 0 aliphatic rings. The molecular weight excluding hydrogens is 357 g/mol. The van der Waals surface area contributed by atoms with Crippen LogP contribution in [0.4, 0.5) is 13.2 Å². The summed E-state index contributed by atoms with van der Waals surface area (Å²) in [6.45, 7) is 0.368. The summed E-state index contributed by atoms with van der Waals surface area (Å²) in [6.07, 6.45) is -4.71. The topological polar surface area (TPSA) is 18.5 Å². The molecule has 0 N–H and O–H groups in total. The van der Waals surface area contributed by atoms with Gasteiger partial charge in [0.15, 0.2) is 0 Å². The molecule has 0 saturated carbocycles. The minimum Gasteiger partial charge on any atom is -0.493 e. The van der Waals surface area contributed by atoms with Gasteiger partial charge in [-0.15, -0.1) is 13.2 Å². The molecule has 0 amide bonds. The van der Waals surface area contributed by atoms with Crippen molar-refractivity contribution in [3.63, 3.8) is 0 Å². The molecule has 0 bridgehead atoms. The fourth-order valence-corrected chi connectivity index (χ4v) is 1.42. The molecule has 7 heteroatoms. The van der Waals surface area contributed by atoms with E-state index in [1.54, 1.807) is 6.07 Å². The van der Waals surface area contributed by atoms with E-state index in [4.69, 9.17) is 4.74 Å². The van der Waals surface area contributed by atoms with Crippen LogP contribution >= 0.6 is 31.9 Å². The predicted molar refractivity (Wildman–Crippen MR) is 60.1 cm³/mol. The minimum absolute atomic E-state index is 0.219. The lowest BCUT2D eigenvalue weighted by molar-refractivity contribution is -0.274. The third kappa shape index (κ3) is 4.61. The van der Waals surface area contributed by atoms with Crippen LogP contribution in [0.1, 0.15) is 0 Å². The molecule has 1 aromatic rings. The fourth-order valence-electron chi connectivity index (χ4n) is 0.933. The van der Waals surface area contributed by atoms with Crippen LogP contribution in [0, 0.1) is 0 Å². The molecule has 0 aromatic heterocycles. The van der Waals surface area contributed by atoms with Crippen LogP contribution in [0.5, 0.6) is 11.5 Å². The van der Waals surface area contributed by atoms with Gasteiger partial charge in [0.1, 0.15) is 11.5 Å². The van der Waals surface area contributed by atoms with Gasteiger partial charge in [-0.05, 0) is 28.1 Å². The van der Waals surface area contributed by atoms with Gasteiger partial charge in [-0.3, -0.25) is 0 Å². The van der Waals surface area contributed by atoms with Crippen molar-refractivity contribution in [3.05, 3.63) is 22.7 Å². The van der Waals surface area contributed by atoms with Gasteiger partial charge < -0.3 is 9.47 Å². The van der Waals surface area contributed by atoms with E-state index in [2.05, 4.69) is 36.6 Å². The number of alkyl halides is 4. The van der Waals surface area contributed by atoms with Crippen molar-refractivity contribution in [1.29, 1.82) is 0 Å². The summed E-state index contributed by atoms with van der Waals surface area (Å²) >= 11 is 6.10. The first-order valence-electron chi connectivity index (χ1n) is 4.16. The SMILES string of the molecule is FC(F)(F)Oc1cc(OCCBr)ccc1Br. The van der Waals surface area contributed by atoms with E-state index in [1.807, 2.05) is 0 Å². The van der Waals surface area contributed by atoms with E-state index in [-0.39, 0.29) is 10.2 Å². The van der Waals surface area contributed by atoms with Gasteiger partial charge >= 0.3 is 6.36 Å². The Balaban J connectivity index is 2.82. The maximum Gasteiger partial charge on any atom is 0.573 e. The van der Waals surface area contributed by atoms with Crippen LogP contribution in [0.25, 0.3) is 0 Å². The summed E-state index contributed by atoms with van der Waals surface area (Å²) in [5, 5.41) is 0.596. The first-order chi connectivity index (χ1) is 7.42. The predicted octanol–water partition coefficient (Wildman–Crippen LogP) is 4.12. The number of benzene rings is 1. The maximum absolute atomic E-state index is 12.0. The Morgan fingerprint density at radius 3 is 2.50 bits per heavy atom. The maximum atomic E-state index is 12.0. The highest BCUT2D eigenvalue weighted by molar-refractivity contribution is 9.10. The summed E-state index contributed by atoms with van der Waals surface area (Å²) in [4.78, 5) is 0. The first-order valence-corrected chi connectivity index (χ1v) is 6.08. The van der Waals surface area contributed by atoms with Gasteiger partial charge in [0.2, 0.25) is 0 Å². The second-order valence-electron chi connectivity index (χ2n) is 2.68. The molecule has 1 rings (SSSR count). The second-order valence-corrected chi connectivity index (χ2v) is 4.32. The summed E-state index contributed by atoms with van der Waals surface area (Å²) < 4.78 is 45.2. The normalized spacial score (nSPS) is 11.3. The number of hydrogen-bond acceptors (Lipinski definition) is 2. The van der Waals surface area contributed by atoms with Crippen molar-refractivity contribution in [1.82, 2.24) is 0 Å². The molecule has 16 heavy (non-hydrogen) atoms. The lowest BCUT2D eigenvalue weighted by atomic mass is 10.3. The molecule has 0 heterocycles. The lowest BCUT2D eigenvalue weighted by Gasteiger charge is -2.12. The Hall–Kier alpha value is -0.430. The lowest BCUT2D eigenvalue weighted by Crippen LogP contribution is -2.17. The Labute approximate surface area is 107 Å². The smallest absolute Gasteiger partial charge is 0.493 e. The Kier molecular flexibility index (Phi) is 4.91. The molecule has 0 spiro atoms. The van der Waals surface area contributed by atoms with Crippen molar-refractivity contribution in [3.8, 4) is 11.5 Å². The van der Waals surface area contributed by atoms with E-state index >= 15 is 0 Å². The van der Waals surface area contributed by atoms with Crippen molar-refractivity contribution < 1.29 is 22.6 Å². The van der Waals surface area contributed by atoms with E-state index in [0.29, 0.717) is 17.7 Å². The molecule has 0 saturated heterocycles. The highest BCUT2D eigenvalue weighted by atomic mass is 79.9. The summed E-state index contributed by atoms with van der Waals surface area (Å²) in [5.74, 6) is 0.00136. The van der Waals surface area contributed by atoms with Crippen LogP contribution in [0.15, 0.2) is 22.7 Å². The van der Waals surface area contributed by atoms with Crippen LogP contribution in [-0.2, 0) is 0 Å². The highest BCUT2D eigenvalue weighted by Crippen LogP contribution is 2.33. The van der Waals surface area contributed by atoms with Crippen LogP contribution in [0.2, 0.25) is 0 Å². The Bertz CT molecular complexity index is 355. The average Bonchev–Trinajstić information content (AvgIpc) is 2.17. The Morgan fingerprint density at radius 1 is 1.25 bits per heavy atom. The third-order valence-corrected chi connectivity index (χ3v) is 2.45. The highest BCUT2D eigenvalue weighted by Gasteiger charge is 2.32. The molecule has 0 unspecified atom stereocenters. The zero-order valence-electron chi connectivity index (χ0n) is 7.85. The van der Waals surface area contributed by atoms with Gasteiger partial charge in [0, 0.05) is 11.4 Å². The first kappa shape index (κ1) is 13.6. The van der Waals surface area contributed by atoms with Gasteiger partial charge in [-0.1, -0.05) is 15.9 Å². The van der Waals surface area contributed by atoms with Crippen molar-refractivity contribution in [2.75, 3.05) is 11.9 Å². The molecule has 0 radical (unpaired) electrons. The molecule has 0 fully saturated rings. The van der Waals surface area contributed by atoms with Gasteiger partial charge in [-0.2, -0.15) is 0 Å². The molecule has 1 aromatic carbocycles. The van der Waals surface area contributed by atoms with Gasteiger partial charge in [-0.25, -0.2) is 0 Å². The van der Waals surface area contributed by atoms with E-state index in [0.717, 1.165) is 0 Å². The standard InChI is InChI=1S/C9H7Br2F3O2/c10-3-4-15-6-1-2-7(11)8(5-6)16-9(12,13)14/h1-2,5H,3-4H2. The minimum atomic E-state index is -4.71. The molecule has 0 aliphatic carbocycles. The quantitative estimate of drug-likeness (QED) is 0.749. The number of ether oxygens (including phenoxy) is 2. The van der Waals surface area contributed by atoms with E-state index in [1.165, 1.54) is 12.1 Å². The van der Waals surface area contributed by atoms with Crippen molar-refractivity contribution in [2.24, 2.45) is 0 Å². The van der Waals surface area contributed by atoms with Gasteiger partial charge in [0.05, 0.1) is 11.1 Å². The van der Waals surface area contributed by atoms with E-state index < -0.39 is 6.36 Å². The van der Waals surface area contributed by atoms with Crippen molar-refractivity contribution in [2.45, 2.75) is 6.36 Å². The van der Waals surface area contributed by atoms with Crippen LogP contribution in [0.3, 0.4) is 0 Å². The summed E-state index contributed by atoms with van der Waals surface area (Å²) in [6, 6.07) is 4.17. The number of halogens is 5. The zero-order chi connectivity index (χ0) is 12.2. The second kappa shape index (κ2) is 5.77. The zero-order valence-corrected chi connectivity index (χ0v) is 11.0. The molecule has 0 aliphatic heterocycles. The van der Waals surface area contributed by atoms with Crippen LogP contribution in [-0.4, -0.2) is 18.3 Å². The average molecular weight is 364 g/mol. The third-order valence-electron chi connectivity index (χ3n) is 1.47. The summed E-state index contributed by atoms with van der Waals surface area (Å²) in [5.41, 5.74) is 0. The van der Waals surface area contributed by atoms with E-state index in [9.17, 15) is 13.2 Å². The monoisotopic (exact) mass is 362 g/mol. The molecule has 2 nitrogen and oxygen atoms in total. The van der Waals surface area contributed by atoms with Gasteiger partial charge in [0.25, 0.3) is 0 Å². The largest absolute Gasteiger partial charge is 0.573 e. The molecule has 0 atom stereocenters. The fraction of sp³-hybridized carbons (Fsp3) is 0.333. The number of hydrogen-bond donors (Lipinski definition) is 0. The van der Waals surface area contributed by atoms with Crippen LogP contribution < -0.4 is 9.47 Å². The van der Waals surface area contributed by atoms with Crippen molar-refractivity contribution >= 4 is 31.9 Å². The molecule has 90 valence electrons. The molecular formula is C9H7Br2F3O2.